The van der Waals surface area contributed by atoms with E-state index in [1.54, 1.807) is 0 Å². The second-order valence-electron chi connectivity index (χ2n) is 9.49. The highest BCUT2D eigenvalue weighted by molar-refractivity contribution is 6.31. The summed E-state index contributed by atoms with van der Waals surface area (Å²) >= 11 is 6.41. The van der Waals surface area contributed by atoms with Crippen LogP contribution in [0.5, 0.6) is 0 Å². The van der Waals surface area contributed by atoms with Crippen molar-refractivity contribution in [3.05, 3.63) is 107 Å². The Labute approximate surface area is 212 Å². The van der Waals surface area contributed by atoms with E-state index < -0.39 is 0 Å². The molecule has 35 heavy (non-hydrogen) atoms. The van der Waals surface area contributed by atoms with Gasteiger partial charge in [0.1, 0.15) is 0 Å². The minimum atomic E-state index is 0.148. The summed E-state index contributed by atoms with van der Waals surface area (Å²) in [5.41, 5.74) is 4.83. The first kappa shape index (κ1) is 23.7. The average Bonchev–Trinajstić information content (AvgIpc) is 3.23. The van der Waals surface area contributed by atoms with Gasteiger partial charge in [-0.3, -0.25) is 9.69 Å². The summed E-state index contributed by atoms with van der Waals surface area (Å²) < 4.78 is 2.24. The number of para-hydroxylation sites is 1. The molecule has 4 aromatic rings. The van der Waals surface area contributed by atoms with Crippen molar-refractivity contribution in [1.29, 1.82) is 0 Å². The molecule has 0 atom stereocenters. The van der Waals surface area contributed by atoms with Gasteiger partial charge >= 0.3 is 0 Å². The highest BCUT2D eigenvalue weighted by atomic mass is 35.5. The molecule has 1 aliphatic rings. The highest BCUT2D eigenvalue weighted by Gasteiger charge is 2.21. The Balaban J connectivity index is 1.16. The molecule has 0 saturated carbocycles. The molecular formula is C30H32ClN3O. The summed E-state index contributed by atoms with van der Waals surface area (Å²) in [6.45, 7) is 3.75. The van der Waals surface area contributed by atoms with Gasteiger partial charge in [0.25, 0.3) is 0 Å². The molecule has 0 radical (unpaired) electrons. The van der Waals surface area contributed by atoms with E-state index in [-0.39, 0.29) is 11.9 Å². The SMILES string of the molecule is O=C(CCc1cn(Cc2ccccc2Cl)c2ccccc12)NC1CCN(Cc2ccccc2)CC1. The van der Waals surface area contributed by atoms with Crippen molar-refractivity contribution in [1.82, 2.24) is 14.8 Å². The normalized spacial score (nSPS) is 14.9. The van der Waals surface area contributed by atoms with E-state index in [1.807, 2.05) is 18.2 Å². The number of aryl methyl sites for hydroxylation is 1. The van der Waals surface area contributed by atoms with Crippen LogP contribution in [0.2, 0.25) is 5.02 Å². The third kappa shape index (κ3) is 5.95. The summed E-state index contributed by atoms with van der Waals surface area (Å²) in [6, 6.07) is 27.3. The molecule has 1 aromatic heterocycles. The van der Waals surface area contributed by atoms with Gasteiger partial charge in [0.05, 0.1) is 0 Å². The van der Waals surface area contributed by atoms with E-state index in [4.69, 9.17) is 11.6 Å². The van der Waals surface area contributed by atoms with Crippen LogP contribution in [0.1, 0.15) is 36.0 Å². The van der Waals surface area contributed by atoms with Crippen LogP contribution < -0.4 is 5.32 Å². The molecule has 4 nitrogen and oxygen atoms in total. The molecule has 1 saturated heterocycles. The third-order valence-electron chi connectivity index (χ3n) is 6.99. The molecule has 1 fully saturated rings. The second-order valence-corrected chi connectivity index (χ2v) is 9.90. The zero-order valence-electron chi connectivity index (χ0n) is 20.0. The minimum absolute atomic E-state index is 0.148. The lowest BCUT2D eigenvalue weighted by Crippen LogP contribution is -2.44. The fourth-order valence-electron chi connectivity index (χ4n) is 5.09. The third-order valence-corrected chi connectivity index (χ3v) is 7.36. The summed E-state index contributed by atoms with van der Waals surface area (Å²) in [5.74, 6) is 0.148. The molecule has 5 heteroatoms. The van der Waals surface area contributed by atoms with Gasteiger partial charge in [-0.2, -0.15) is 0 Å². The number of rotatable bonds is 8. The number of piperidine rings is 1. The Hall–Kier alpha value is -3.08. The molecule has 5 rings (SSSR count). The second kappa shape index (κ2) is 11.1. The summed E-state index contributed by atoms with van der Waals surface area (Å²) in [4.78, 5) is 15.3. The summed E-state index contributed by atoms with van der Waals surface area (Å²) in [7, 11) is 0. The molecular weight excluding hydrogens is 454 g/mol. The van der Waals surface area contributed by atoms with Gasteiger partial charge < -0.3 is 9.88 Å². The Kier molecular flexibility index (Phi) is 7.51. The number of likely N-dealkylation sites (tertiary alicyclic amines) is 1. The van der Waals surface area contributed by atoms with E-state index >= 15 is 0 Å². The maximum atomic E-state index is 12.8. The number of hydrogen-bond donors (Lipinski definition) is 1. The average molecular weight is 486 g/mol. The Bertz CT molecular complexity index is 1280. The van der Waals surface area contributed by atoms with E-state index in [2.05, 4.69) is 81.6 Å². The number of amides is 1. The number of benzene rings is 3. The predicted molar refractivity (Wildman–Crippen MR) is 144 cm³/mol. The van der Waals surface area contributed by atoms with Gasteiger partial charge in [0.2, 0.25) is 5.91 Å². The number of aromatic nitrogens is 1. The lowest BCUT2D eigenvalue weighted by Gasteiger charge is -2.32. The quantitative estimate of drug-likeness (QED) is 0.329. The van der Waals surface area contributed by atoms with Gasteiger partial charge in [-0.1, -0.05) is 78.3 Å². The fourth-order valence-corrected chi connectivity index (χ4v) is 5.28. The highest BCUT2D eigenvalue weighted by Crippen LogP contribution is 2.25. The van der Waals surface area contributed by atoms with Gasteiger partial charge in [-0.15, -0.1) is 0 Å². The number of carbonyl (C=O) groups is 1. The lowest BCUT2D eigenvalue weighted by molar-refractivity contribution is -0.122. The van der Waals surface area contributed by atoms with Crippen molar-refractivity contribution in [2.45, 2.75) is 44.8 Å². The van der Waals surface area contributed by atoms with E-state index in [0.29, 0.717) is 13.0 Å². The fraction of sp³-hybridized carbons (Fsp3) is 0.300. The molecule has 0 unspecified atom stereocenters. The van der Waals surface area contributed by atoms with Crippen molar-refractivity contribution in [3.63, 3.8) is 0 Å². The van der Waals surface area contributed by atoms with Crippen LogP contribution in [0.25, 0.3) is 10.9 Å². The van der Waals surface area contributed by atoms with Crippen molar-refractivity contribution in [2.24, 2.45) is 0 Å². The number of nitrogens with one attached hydrogen (secondary N) is 1. The summed E-state index contributed by atoms with van der Waals surface area (Å²) in [6.07, 6.45) is 5.44. The van der Waals surface area contributed by atoms with Crippen LogP contribution >= 0.6 is 11.6 Å². The molecule has 0 bridgehead atoms. The van der Waals surface area contributed by atoms with E-state index in [0.717, 1.165) is 49.5 Å². The number of halogens is 1. The number of fused-ring (bicyclic) bond motifs is 1. The lowest BCUT2D eigenvalue weighted by atomic mass is 10.0. The predicted octanol–water partition coefficient (Wildman–Crippen LogP) is 6.06. The maximum absolute atomic E-state index is 12.8. The molecule has 0 spiro atoms. The van der Waals surface area contributed by atoms with Gasteiger partial charge in [-0.25, -0.2) is 0 Å². The van der Waals surface area contributed by atoms with Crippen LogP contribution in [0.15, 0.2) is 85.1 Å². The zero-order chi connectivity index (χ0) is 24.0. The monoisotopic (exact) mass is 485 g/mol. The van der Waals surface area contributed by atoms with Crippen molar-refractivity contribution < 1.29 is 4.79 Å². The first-order valence-electron chi connectivity index (χ1n) is 12.5. The molecule has 1 amide bonds. The number of carbonyl (C=O) groups excluding carboxylic acids is 1. The Morgan fingerprint density at radius 3 is 2.37 bits per heavy atom. The molecule has 180 valence electrons. The van der Waals surface area contributed by atoms with Crippen LogP contribution in [0, 0.1) is 0 Å². The zero-order valence-corrected chi connectivity index (χ0v) is 20.8. The van der Waals surface area contributed by atoms with Crippen molar-refractivity contribution in [3.8, 4) is 0 Å². The van der Waals surface area contributed by atoms with Gasteiger partial charge in [0.15, 0.2) is 0 Å². The topological polar surface area (TPSA) is 37.3 Å². The van der Waals surface area contributed by atoms with E-state index in [9.17, 15) is 4.79 Å². The summed E-state index contributed by atoms with van der Waals surface area (Å²) in [5, 5.41) is 5.27. The van der Waals surface area contributed by atoms with Gasteiger partial charge in [-0.05, 0) is 48.1 Å². The first-order chi connectivity index (χ1) is 17.2. The largest absolute Gasteiger partial charge is 0.353 e. The molecule has 2 heterocycles. The number of nitrogens with zero attached hydrogens (tertiary/aromatic N) is 2. The first-order valence-corrected chi connectivity index (χ1v) is 12.9. The van der Waals surface area contributed by atoms with Crippen molar-refractivity contribution in [2.75, 3.05) is 13.1 Å². The number of hydrogen-bond acceptors (Lipinski definition) is 2. The smallest absolute Gasteiger partial charge is 0.220 e. The Morgan fingerprint density at radius 1 is 0.857 bits per heavy atom. The Morgan fingerprint density at radius 2 is 1.57 bits per heavy atom. The maximum Gasteiger partial charge on any atom is 0.220 e. The molecule has 0 aliphatic carbocycles. The van der Waals surface area contributed by atoms with Crippen LogP contribution in [0.4, 0.5) is 0 Å². The van der Waals surface area contributed by atoms with E-state index in [1.165, 1.54) is 22.0 Å². The standard InChI is InChI=1S/C30H32ClN3O/c31-28-12-6-4-10-25(28)22-34-21-24(27-11-5-7-13-29(27)34)14-15-30(35)32-26-16-18-33(19-17-26)20-23-8-2-1-3-9-23/h1-13,21,26H,14-20,22H2,(H,32,35). The minimum Gasteiger partial charge on any atom is -0.353 e. The molecule has 3 aromatic carbocycles. The molecule has 1 N–H and O–H groups in total. The van der Waals surface area contributed by atoms with Crippen molar-refractivity contribution >= 4 is 28.4 Å². The van der Waals surface area contributed by atoms with Crippen LogP contribution in [0.3, 0.4) is 0 Å². The van der Waals surface area contributed by atoms with Gasteiger partial charge in [0, 0.05) is 60.8 Å². The molecule has 1 aliphatic heterocycles. The van der Waals surface area contributed by atoms with Crippen LogP contribution in [-0.2, 0) is 24.3 Å². The van der Waals surface area contributed by atoms with Crippen LogP contribution in [-0.4, -0.2) is 34.5 Å².